The van der Waals surface area contributed by atoms with Gasteiger partial charge in [0.05, 0.1) is 5.69 Å². The summed E-state index contributed by atoms with van der Waals surface area (Å²) < 4.78 is 8.03. The number of amides is 1. The minimum absolute atomic E-state index is 0.0997. The van der Waals surface area contributed by atoms with Crippen molar-refractivity contribution >= 4 is 34.2 Å². The smallest absolute Gasteiger partial charge is 0.288 e. The molecule has 0 saturated carbocycles. The second-order valence-corrected chi connectivity index (χ2v) is 7.78. The minimum Gasteiger partial charge on any atom is -0.483 e. The van der Waals surface area contributed by atoms with E-state index in [1.165, 1.54) is 10.9 Å². The summed E-state index contributed by atoms with van der Waals surface area (Å²) in [5.74, 6) is 0.220. The van der Waals surface area contributed by atoms with Gasteiger partial charge in [0.1, 0.15) is 11.3 Å². The number of nitrogens with one attached hydrogen (secondary N) is 2. The SMILES string of the molecule is CCc1c(NC(=O)C=O)c2c(OCc3nn[nH]n3)cccn2c1Cc1cccc2ccccc12. The van der Waals surface area contributed by atoms with Crippen molar-refractivity contribution < 1.29 is 14.3 Å². The number of aromatic nitrogens is 5. The molecule has 34 heavy (non-hydrogen) atoms. The average Bonchev–Trinajstić information content (AvgIpc) is 3.49. The molecule has 5 rings (SSSR count). The Kier molecular flexibility index (Phi) is 5.73. The molecule has 0 aliphatic rings. The van der Waals surface area contributed by atoms with Crippen molar-refractivity contribution in [3.63, 3.8) is 0 Å². The maximum Gasteiger partial charge on any atom is 0.288 e. The van der Waals surface area contributed by atoms with Crippen LogP contribution < -0.4 is 10.1 Å². The molecule has 2 N–H and O–H groups in total. The highest BCUT2D eigenvalue weighted by molar-refractivity contribution is 6.30. The number of ether oxygens (including phenoxy) is 1. The number of aldehydes is 1. The number of carbonyl (C=O) groups excluding carboxylic acids is 2. The van der Waals surface area contributed by atoms with Crippen molar-refractivity contribution in [3.05, 3.63) is 83.4 Å². The molecule has 9 heteroatoms. The molecular formula is C25H22N6O3. The molecule has 0 aliphatic heterocycles. The van der Waals surface area contributed by atoms with E-state index in [2.05, 4.69) is 50.2 Å². The Morgan fingerprint density at radius 3 is 2.79 bits per heavy atom. The Morgan fingerprint density at radius 2 is 2.00 bits per heavy atom. The van der Waals surface area contributed by atoms with E-state index in [0.717, 1.165) is 16.6 Å². The van der Waals surface area contributed by atoms with Gasteiger partial charge in [0.2, 0.25) is 12.1 Å². The van der Waals surface area contributed by atoms with E-state index in [4.69, 9.17) is 4.74 Å². The third-order valence-corrected chi connectivity index (χ3v) is 5.83. The standard InChI is InChI=1S/C25H22N6O3/c1-2-18-20(13-17-9-5-8-16-7-3-4-10-19(16)17)31-12-6-11-21(34-15-22-27-29-30-28-22)25(31)24(18)26-23(33)14-32/h3-12,14H,2,13,15H2,1H3,(H,26,33)(H,27,28,29,30). The van der Waals surface area contributed by atoms with Crippen molar-refractivity contribution in [2.75, 3.05) is 5.32 Å². The number of aromatic amines is 1. The Balaban J connectivity index is 1.67. The topological polar surface area (TPSA) is 114 Å². The number of H-pyrrole nitrogens is 1. The number of hydrogen-bond donors (Lipinski definition) is 2. The average molecular weight is 454 g/mol. The highest BCUT2D eigenvalue weighted by Crippen LogP contribution is 2.37. The lowest BCUT2D eigenvalue weighted by molar-refractivity contribution is -0.127. The van der Waals surface area contributed by atoms with E-state index in [0.29, 0.717) is 35.6 Å². The van der Waals surface area contributed by atoms with Crippen LogP contribution in [0.3, 0.4) is 0 Å². The molecule has 0 atom stereocenters. The Morgan fingerprint density at radius 1 is 1.15 bits per heavy atom. The van der Waals surface area contributed by atoms with Crippen LogP contribution in [0.15, 0.2) is 60.8 Å². The van der Waals surface area contributed by atoms with Crippen LogP contribution in [0.1, 0.15) is 29.6 Å². The summed E-state index contributed by atoms with van der Waals surface area (Å²) in [6.45, 7) is 2.13. The van der Waals surface area contributed by atoms with Gasteiger partial charge in [-0.15, -0.1) is 10.2 Å². The molecule has 3 aromatic heterocycles. The molecule has 0 unspecified atom stereocenters. The maximum atomic E-state index is 12.1. The molecule has 0 bridgehead atoms. The molecule has 1 amide bonds. The van der Waals surface area contributed by atoms with Gasteiger partial charge in [0.15, 0.2) is 6.61 Å². The summed E-state index contributed by atoms with van der Waals surface area (Å²) in [5.41, 5.74) is 4.37. The maximum absolute atomic E-state index is 12.1. The molecule has 0 radical (unpaired) electrons. The van der Waals surface area contributed by atoms with Crippen molar-refractivity contribution in [1.29, 1.82) is 0 Å². The van der Waals surface area contributed by atoms with Gasteiger partial charge in [-0.25, -0.2) is 0 Å². The summed E-state index contributed by atoms with van der Waals surface area (Å²) in [7, 11) is 0. The highest BCUT2D eigenvalue weighted by Gasteiger charge is 2.22. The van der Waals surface area contributed by atoms with Gasteiger partial charge < -0.3 is 14.5 Å². The fourth-order valence-electron chi connectivity index (χ4n) is 4.38. The second-order valence-electron chi connectivity index (χ2n) is 7.78. The normalized spacial score (nSPS) is 11.1. The molecule has 2 aromatic carbocycles. The van der Waals surface area contributed by atoms with Crippen LogP contribution >= 0.6 is 0 Å². The van der Waals surface area contributed by atoms with Gasteiger partial charge in [0.25, 0.3) is 5.91 Å². The van der Waals surface area contributed by atoms with E-state index in [1.807, 2.05) is 47.9 Å². The fraction of sp³-hybridized carbons (Fsp3) is 0.160. The van der Waals surface area contributed by atoms with Crippen LogP contribution in [0.4, 0.5) is 5.69 Å². The molecule has 0 saturated heterocycles. The van der Waals surface area contributed by atoms with Crippen LogP contribution in [-0.4, -0.2) is 37.2 Å². The molecule has 5 aromatic rings. The van der Waals surface area contributed by atoms with Gasteiger partial charge in [-0.2, -0.15) is 5.21 Å². The second kappa shape index (κ2) is 9.14. The summed E-state index contributed by atoms with van der Waals surface area (Å²) in [4.78, 5) is 23.3. The molecule has 170 valence electrons. The van der Waals surface area contributed by atoms with Crippen molar-refractivity contribution in [2.24, 2.45) is 0 Å². The van der Waals surface area contributed by atoms with Gasteiger partial charge in [0, 0.05) is 18.3 Å². The first-order valence-electron chi connectivity index (χ1n) is 10.9. The van der Waals surface area contributed by atoms with Crippen LogP contribution in [0.5, 0.6) is 5.75 Å². The van der Waals surface area contributed by atoms with Crippen molar-refractivity contribution in [2.45, 2.75) is 26.4 Å². The van der Waals surface area contributed by atoms with Crippen molar-refractivity contribution in [1.82, 2.24) is 25.0 Å². The number of nitrogens with zero attached hydrogens (tertiary/aromatic N) is 4. The summed E-state index contributed by atoms with van der Waals surface area (Å²) >= 11 is 0. The van der Waals surface area contributed by atoms with E-state index in [9.17, 15) is 9.59 Å². The number of tetrazole rings is 1. The molecule has 0 fully saturated rings. The number of hydrogen-bond acceptors (Lipinski definition) is 6. The zero-order valence-electron chi connectivity index (χ0n) is 18.5. The molecule has 9 nitrogen and oxygen atoms in total. The lowest BCUT2D eigenvalue weighted by atomic mass is 9.98. The van der Waals surface area contributed by atoms with E-state index < -0.39 is 5.91 Å². The van der Waals surface area contributed by atoms with Gasteiger partial charge >= 0.3 is 0 Å². The summed E-state index contributed by atoms with van der Waals surface area (Å²) in [5, 5.41) is 18.9. The predicted molar refractivity (Wildman–Crippen MR) is 127 cm³/mol. The van der Waals surface area contributed by atoms with Crippen LogP contribution in [-0.2, 0) is 29.0 Å². The lowest BCUT2D eigenvalue weighted by Gasteiger charge is -2.10. The van der Waals surface area contributed by atoms with Crippen LogP contribution in [0.2, 0.25) is 0 Å². The molecular weight excluding hydrogens is 432 g/mol. The lowest BCUT2D eigenvalue weighted by Crippen LogP contribution is -2.13. The molecule has 3 heterocycles. The third kappa shape index (κ3) is 3.88. The van der Waals surface area contributed by atoms with E-state index in [1.54, 1.807) is 0 Å². The Labute approximate surface area is 194 Å². The number of fused-ring (bicyclic) bond motifs is 2. The number of pyridine rings is 1. The highest BCUT2D eigenvalue weighted by atomic mass is 16.5. The monoisotopic (exact) mass is 454 g/mol. The first-order valence-corrected chi connectivity index (χ1v) is 10.9. The fourth-order valence-corrected chi connectivity index (χ4v) is 4.38. The van der Waals surface area contributed by atoms with Gasteiger partial charge in [-0.3, -0.25) is 9.59 Å². The quantitative estimate of drug-likeness (QED) is 0.274. The van der Waals surface area contributed by atoms with Gasteiger partial charge in [-0.05, 0) is 40.5 Å². The summed E-state index contributed by atoms with van der Waals surface area (Å²) in [6.07, 6.45) is 3.50. The molecule has 0 spiro atoms. The summed E-state index contributed by atoms with van der Waals surface area (Å²) in [6, 6.07) is 18.2. The number of anilines is 1. The number of carbonyl (C=O) groups is 2. The third-order valence-electron chi connectivity index (χ3n) is 5.83. The van der Waals surface area contributed by atoms with E-state index >= 15 is 0 Å². The largest absolute Gasteiger partial charge is 0.483 e. The Hall–Kier alpha value is -4.53. The van der Waals surface area contributed by atoms with Crippen molar-refractivity contribution in [3.8, 4) is 5.75 Å². The molecule has 0 aliphatic carbocycles. The van der Waals surface area contributed by atoms with Crippen LogP contribution in [0.25, 0.3) is 16.3 Å². The predicted octanol–water partition coefficient (Wildman–Crippen LogP) is 3.48. The van der Waals surface area contributed by atoms with E-state index in [-0.39, 0.29) is 12.9 Å². The zero-order valence-corrected chi connectivity index (χ0v) is 18.5. The van der Waals surface area contributed by atoms with Crippen LogP contribution in [0, 0.1) is 0 Å². The Bertz CT molecular complexity index is 1480. The first kappa shape index (κ1) is 21.3. The number of benzene rings is 2. The minimum atomic E-state index is -0.716. The van der Waals surface area contributed by atoms with Gasteiger partial charge in [-0.1, -0.05) is 54.6 Å². The first-order chi connectivity index (χ1) is 16.7. The zero-order chi connectivity index (χ0) is 23.5. The number of rotatable bonds is 8.